The first kappa shape index (κ1) is 8.82. The number of aromatic nitrogens is 2. The summed E-state index contributed by atoms with van der Waals surface area (Å²) in [5, 5.41) is 3.47. The highest BCUT2D eigenvalue weighted by atomic mass is 127. The lowest BCUT2D eigenvalue weighted by Gasteiger charge is -2.06. The molecule has 0 amide bonds. The molecule has 62 valence electrons. The number of halogens is 4. The smallest absolute Gasteiger partial charge is 0.263 e. The SMILES string of the molecule is Cn1ncc(I)c1C(F)(F)F. The molecule has 0 bridgehead atoms. The van der Waals surface area contributed by atoms with Crippen molar-refractivity contribution in [3.8, 4) is 0 Å². The van der Waals surface area contributed by atoms with E-state index in [1.807, 2.05) is 0 Å². The van der Waals surface area contributed by atoms with Gasteiger partial charge in [-0.25, -0.2) is 0 Å². The highest BCUT2D eigenvalue weighted by Crippen LogP contribution is 2.31. The van der Waals surface area contributed by atoms with E-state index in [1.54, 1.807) is 22.6 Å². The van der Waals surface area contributed by atoms with Crippen LogP contribution in [0.25, 0.3) is 0 Å². The van der Waals surface area contributed by atoms with Crippen LogP contribution in [0, 0.1) is 3.57 Å². The van der Waals surface area contributed by atoms with Crippen molar-refractivity contribution in [3.05, 3.63) is 15.5 Å². The van der Waals surface area contributed by atoms with Crippen LogP contribution in [0.5, 0.6) is 0 Å². The molecule has 0 aliphatic rings. The Labute approximate surface area is 74.5 Å². The van der Waals surface area contributed by atoms with E-state index in [-0.39, 0.29) is 3.57 Å². The minimum absolute atomic E-state index is 0.123. The van der Waals surface area contributed by atoms with Crippen molar-refractivity contribution in [2.45, 2.75) is 6.18 Å². The summed E-state index contributed by atoms with van der Waals surface area (Å²) in [6.07, 6.45) is -3.12. The van der Waals surface area contributed by atoms with Gasteiger partial charge in [-0.15, -0.1) is 0 Å². The first-order valence-corrected chi connectivity index (χ1v) is 3.75. The van der Waals surface area contributed by atoms with E-state index in [1.165, 1.54) is 13.2 Å². The number of hydrogen-bond acceptors (Lipinski definition) is 1. The molecule has 0 aliphatic carbocycles. The minimum atomic E-state index is -4.30. The van der Waals surface area contributed by atoms with E-state index in [2.05, 4.69) is 5.10 Å². The fourth-order valence-electron chi connectivity index (χ4n) is 0.730. The van der Waals surface area contributed by atoms with Crippen molar-refractivity contribution in [1.29, 1.82) is 0 Å². The van der Waals surface area contributed by atoms with Crippen LogP contribution in [0.1, 0.15) is 5.69 Å². The van der Waals surface area contributed by atoms with Crippen molar-refractivity contribution in [2.24, 2.45) is 7.05 Å². The Hall–Kier alpha value is -0.270. The molecule has 0 spiro atoms. The molecule has 0 N–H and O–H groups in total. The Morgan fingerprint density at radius 2 is 2.09 bits per heavy atom. The summed E-state index contributed by atoms with van der Waals surface area (Å²) < 4.78 is 37.2. The van der Waals surface area contributed by atoms with E-state index >= 15 is 0 Å². The first-order valence-electron chi connectivity index (χ1n) is 2.67. The summed E-state index contributed by atoms with van der Waals surface area (Å²) in [5.74, 6) is 0. The zero-order chi connectivity index (χ0) is 8.65. The molecule has 2 nitrogen and oxygen atoms in total. The molecule has 1 heterocycles. The molecule has 0 unspecified atom stereocenters. The zero-order valence-electron chi connectivity index (χ0n) is 5.48. The van der Waals surface area contributed by atoms with Crippen LogP contribution < -0.4 is 0 Å². The third-order valence-electron chi connectivity index (χ3n) is 1.16. The predicted molar refractivity (Wildman–Crippen MR) is 40.9 cm³/mol. The number of rotatable bonds is 0. The van der Waals surface area contributed by atoms with Gasteiger partial charge in [-0.3, -0.25) is 4.68 Å². The number of alkyl halides is 3. The maximum absolute atomic E-state index is 12.1. The van der Waals surface area contributed by atoms with Gasteiger partial charge in [0.15, 0.2) is 5.69 Å². The molecule has 0 aliphatic heterocycles. The van der Waals surface area contributed by atoms with Gasteiger partial charge in [-0.2, -0.15) is 18.3 Å². The monoisotopic (exact) mass is 276 g/mol. The molecule has 1 aromatic rings. The molecule has 0 fully saturated rings. The van der Waals surface area contributed by atoms with E-state index < -0.39 is 11.9 Å². The Morgan fingerprint density at radius 3 is 2.27 bits per heavy atom. The number of hydrogen-bond donors (Lipinski definition) is 0. The molecule has 0 aromatic carbocycles. The average Bonchev–Trinajstić information content (AvgIpc) is 2.08. The summed E-state index contributed by atoms with van der Waals surface area (Å²) in [4.78, 5) is 0. The summed E-state index contributed by atoms with van der Waals surface area (Å²) in [6, 6.07) is 0. The number of nitrogens with zero attached hydrogens (tertiary/aromatic N) is 2. The Morgan fingerprint density at radius 1 is 1.55 bits per heavy atom. The molecule has 1 rings (SSSR count). The average molecular weight is 276 g/mol. The van der Waals surface area contributed by atoms with E-state index in [0.29, 0.717) is 0 Å². The second-order valence-corrected chi connectivity index (χ2v) is 3.12. The van der Waals surface area contributed by atoms with Crippen LogP contribution in [0.3, 0.4) is 0 Å². The summed E-state index contributed by atoms with van der Waals surface area (Å²) in [5.41, 5.74) is -0.696. The third kappa shape index (κ3) is 1.66. The van der Waals surface area contributed by atoms with Gasteiger partial charge in [0.2, 0.25) is 0 Å². The molecule has 0 radical (unpaired) electrons. The number of aryl methyl sites for hydroxylation is 1. The van der Waals surface area contributed by atoms with Crippen LogP contribution in [0.15, 0.2) is 6.20 Å². The summed E-state index contributed by atoms with van der Waals surface area (Å²) in [6.45, 7) is 0. The second-order valence-electron chi connectivity index (χ2n) is 1.96. The predicted octanol–water partition coefficient (Wildman–Crippen LogP) is 2.04. The molecular formula is C5H4F3IN2. The van der Waals surface area contributed by atoms with Gasteiger partial charge in [0, 0.05) is 7.05 Å². The zero-order valence-corrected chi connectivity index (χ0v) is 7.64. The lowest BCUT2D eigenvalue weighted by molar-refractivity contribution is -0.144. The van der Waals surface area contributed by atoms with Crippen LogP contribution in [-0.4, -0.2) is 9.78 Å². The van der Waals surface area contributed by atoms with Gasteiger partial charge < -0.3 is 0 Å². The fourth-order valence-corrected chi connectivity index (χ4v) is 1.51. The minimum Gasteiger partial charge on any atom is -0.263 e. The first-order chi connectivity index (χ1) is 4.93. The van der Waals surface area contributed by atoms with E-state index in [4.69, 9.17) is 0 Å². The van der Waals surface area contributed by atoms with Gasteiger partial charge in [0.25, 0.3) is 0 Å². The van der Waals surface area contributed by atoms with Crippen molar-refractivity contribution in [1.82, 2.24) is 9.78 Å². The normalized spacial score (nSPS) is 12.1. The highest BCUT2D eigenvalue weighted by Gasteiger charge is 2.36. The molecule has 0 atom stereocenters. The largest absolute Gasteiger partial charge is 0.434 e. The van der Waals surface area contributed by atoms with Crippen LogP contribution in [0.2, 0.25) is 0 Å². The van der Waals surface area contributed by atoms with E-state index in [9.17, 15) is 13.2 Å². The second kappa shape index (κ2) is 2.65. The quantitative estimate of drug-likeness (QED) is 0.663. The summed E-state index contributed by atoms with van der Waals surface area (Å²) in [7, 11) is 1.27. The fraction of sp³-hybridized carbons (Fsp3) is 0.400. The van der Waals surface area contributed by atoms with Crippen LogP contribution >= 0.6 is 22.6 Å². The Kier molecular flexibility index (Phi) is 2.13. The van der Waals surface area contributed by atoms with Gasteiger partial charge in [-0.1, -0.05) is 0 Å². The van der Waals surface area contributed by atoms with E-state index in [0.717, 1.165) is 4.68 Å². The van der Waals surface area contributed by atoms with Crippen molar-refractivity contribution in [3.63, 3.8) is 0 Å². The molecule has 1 aromatic heterocycles. The Bertz CT molecular complexity index is 246. The van der Waals surface area contributed by atoms with Crippen LogP contribution in [0.4, 0.5) is 13.2 Å². The third-order valence-corrected chi connectivity index (χ3v) is 1.95. The highest BCUT2D eigenvalue weighted by molar-refractivity contribution is 14.1. The maximum Gasteiger partial charge on any atom is 0.434 e. The van der Waals surface area contributed by atoms with Gasteiger partial charge in [-0.05, 0) is 22.6 Å². The van der Waals surface area contributed by atoms with Crippen molar-refractivity contribution < 1.29 is 13.2 Å². The Balaban J connectivity index is 3.21. The van der Waals surface area contributed by atoms with Crippen molar-refractivity contribution >= 4 is 22.6 Å². The van der Waals surface area contributed by atoms with Gasteiger partial charge >= 0.3 is 6.18 Å². The van der Waals surface area contributed by atoms with Crippen molar-refractivity contribution in [2.75, 3.05) is 0 Å². The molecular weight excluding hydrogens is 272 g/mol. The molecule has 11 heavy (non-hydrogen) atoms. The summed E-state index contributed by atoms with van der Waals surface area (Å²) >= 11 is 1.60. The van der Waals surface area contributed by atoms with Crippen LogP contribution in [-0.2, 0) is 13.2 Å². The lowest BCUT2D eigenvalue weighted by atomic mass is 10.4. The standard InChI is InChI=1S/C5H4F3IN2/c1-11-4(5(6,7)8)3(9)2-10-11/h2H,1H3. The molecule has 0 saturated carbocycles. The molecule has 0 saturated heterocycles. The topological polar surface area (TPSA) is 17.8 Å². The maximum atomic E-state index is 12.1. The molecule has 6 heteroatoms. The van der Waals surface area contributed by atoms with Gasteiger partial charge in [0.05, 0.1) is 9.77 Å². The lowest BCUT2D eigenvalue weighted by Crippen LogP contribution is -2.13. The van der Waals surface area contributed by atoms with Gasteiger partial charge in [0.1, 0.15) is 0 Å².